The fraction of sp³-hybridized carbons (Fsp3) is 0.500. The predicted octanol–water partition coefficient (Wildman–Crippen LogP) is 4.89. The van der Waals surface area contributed by atoms with Gasteiger partial charge in [-0.3, -0.25) is 4.79 Å². The molecule has 18 heavy (non-hydrogen) atoms. The minimum absolute atomic E-state index is 0.00925. The summed E-state index contributed by atoms with van der Waals surface area (Å²) in [5.74, 6) is -0.336. The first-order valence-electron chi connectivity index (χ1n) is 6.38. The van der Waals surface area contributed by atoms with Crippen LogP contribution >= 0.6 is 15.9 Å². The Balaban J connectivity index is 2.29. The molecule has 1 aromatic rings. The minimum Gasteiger partial charge on any atom is -0.326 e. The van der Waals surface area contributed by atoms with E-state index in [-0.39, 0.29) is 11.7 Å². The molecule has 0 fully saturated rings. The van der Waals surface area contributed by atoms with Gasteiger partial charge in [0.1, 0.15) is 5.82 Å². The lowest BCUT2D eigenvalue weighted by molar-refractivity contribution is -0.116. The van der Waals surface area contributed by atoms with Crippen molar-refractivity contribution in [2.75, 3.05) is 5.32 Å². The molecule has 0 bridgehead atoms. The van der Waals surface area contributed by atoms with Crippen molar-refractivity contribution in [1.29, 1.82) is 0 Å². The van der Waals surface area contributed by atoms with Gasteiger partial charge in [-0.05, 0) is 40.5 Å². The molecular formula is C14H19BrFNO. The summed E-state index contributed by atoms with van der Waals surface area (Å²) in [6.07, 6.45) is 6.15. The molecule has 0 aromatic heterocycles. The van der Waals surface area contributed by atoms with Crippen molar-refractivity contribution in [2.24, 2.45) is 0 Å². The lowest BCUT2D eigenvalue weighted by atomic mass is 10.1. The molecular weight excluding hydrogens is 297 g/mol. The molecule has 0 radical (unpaired) electrons. The lowest BCUT2D eigenvalue weighted by Gasteiger charge is -2.06. The Morgan fingerprint density at radius 2 is 2.00 bits per heavy atom. The third-order valence-corrected chi connectivity index (χ3v) is 3.32. The fourth-order valence-electron chi connectivity index (χ4n) is 1.69. The molecule has 1 aromatic carbocycles. The summed E-state index contributed by atoms with van der Waals surface area (Å²) in [4.78, 5) is 11.6. The third-order valence-electron chi connectivity index (χ3n) is 2.71. The zero-order valence-electron chi connectivity index (χ0n) is 10.6. The Morgan fingerprint density at radius 1 is 1.28 bits per heavy atom. The van der Waals surface area contributed by atoms with E-state index in [9.17, 15) is 9.18 Å². The zero-order valence-corrected chi connectivity index (χ0v) is 12.2. The molecule has 0 aliphatic heterocycles. The number of unbranched alkanes of at least 4 members (excludes halogenated alkanes) is 4. The summed E-state index contributed by atoms with van der Waals surface area (Å²) in [5.41, 5.74) is 0.627. The third kappa shape index (κ3) is 5.63. The quantitative estimate of drug-likeness (QED) is 0.713. The van der Waals surface area contributed by atoms with Crippen molar-refractivity contribution < 1.29 is 9.18 Å². The van der Waals surface area contributed by atoms with E-state index in [0.29, 0.717) is 16.6 Å². The van der Waals surface area contributed by atoms with Crippen LogP contribution in [0.3, 0.4) is 0 Å². The van der Waals surface area contributed by atoms with E-state index in [1.807, 2.05) is 0 Å². The fourth-order valence-corrected chi connectivity index (χ4v) is 2.07. The van der Waals surface area contributed by atoms with Gasteiger partial charge in [0.05, 0.1) is 4.47 Å². The largest absolute Gasteiger partial charge is 0.326 e. The van der Waals surface area contributed by atoms with Crippen LogP contribution in [-0.2, 0) is 4.79 Å². The summed E-state index contributed by atoms with van der Waals surface area (Å²) in [6, 6.07) is 4.47. The van der Waals surface area contributed by atoms with Crippen LogP contribution in [0.1, 0.15) is 45.4 Å². The van der Waals surface area contributed by atoms with E-state index in [2.05, 4.69) is 28.2 Å². The highest BCUT2D eigenvalue weighted by Gasteiger charge is 2.04. The monoisotopic (exact) mass is 315 g/mol. The number of carbonyl (C=O) groups is 1. The van der Waals surface area contributed by atoms with Crippen LogP contribution in [0.15, 0.2) is 22.7 Å². The molecule has 1 N–H and O–H groups in total. The summed E-state index contributed by atoms with van der Waals surface area (Å²) in [6.45, 7) is 2.17. The number of hydrogen-bond acceptors (Lipinski definition) is 1. The van der Waals surface area contributed by atoms with Crippen molar-refractivity contribution in [1.82, 2.24) is 0 Å². The van der Waals surface area contributed by atoms with Gasteiger partial charge in [-0.15, -0.1) is 0 Å². The maximum absolute atomic E-state index is 13.0. The number of rotatable bonds is 7. The number of carbonyl (C=O) groups excluding carboxylic acids is 1. The Morgan fingerprint density at radius 3 is 2.67 bits per heavy atom. The van der Waals surface area contributed by atoms with Crippen LogP contribution in [0.5, 0.6) is 0 Å². The Bertz CT molecular complexity index is 395. The molecule has 0 aliphatic carbocycles. The second-order valence-electron chi connectivity index (χ2n) is 4.34. The molecule has 100 valence electrons. The van der Waals surface area contributed by atoms with Crippen LogP contribution in [0.2, 0.25) is 0 Å². The van der Waals surface area contributed by atoms with Crippen molar-refractivity contribution in [3.05, 3.63) is 28.5 Å². The van der Waals surface area contributed by atoms with Gasteiger partial charge in [-0.1, -0.05) is 32.6 Å². The van der Waals surface area contributed by atoms with Gasteiger partial charge < -0.3 is 5.32 Å². The first kappa shape index (κ1) is 15.2. The van der Waals surface area contributed by atoms with Crippen molar-refractivity contribution in [3.63, 3.8) is 0 Å². The van der Waals surface area contributed by atoms with E-state index in [4.69, 9.17) is 0 Å². The SMILES string of the molecule is CCCCCCCC(=O)Nc1ccc(F)c(Br)c1. The van der Waals surface area contributed by atoms with Gasteiger partial charge >= 0.3 is 0 Å². The van der Waals surface area contributed by atoms with Crippen LogP contribution in [0, 0.1) is 5.82 Å². The molecule has 1 amide bonds. The van der Waals surface area contributed by atoms with Crippen molar-refractivity contribution >= 4 is 27.5 Å². The highest BCUT2D eigenvalue weighted by molar-refractivity contribution is 9.10. The standard InChI is InChI=1S/C14H19BrFNO/c1-2-3-4-5-6-7-14(18)17-11-8-9-13(16)12(15)10-11/h8-10H,2-7H2,1H3,(H,17,18). The van der Waals surface area contributed by atoms with Crippen LogP contribution in [0.4, 0.5) is 10.1 Å². The smallest absolute Gasteiger partial charge is 0.224 e. The zero-order chi connectivity index (χ0) is 13.4. The molecule has 0 saturated carbocycles. The van der Waals surface area contributed by atoms with Gasteiger partial charge in [0.15, 0.2) is 0 Å². The van der Waals surface area contributed by atoms with Gasteiger partial charge in [0, 0.05) is 12.1 Å². The maximum atomic E-state index is 13.0. The lowest BCUT2D eigenvalue weighted by Crippen LogP contribution is -2.11. The molecule has 4 heteroatoms. The van der Waals surface area contributed by atoms with Crippen LogP contribution in [-0.4, -0.2) is 5.91 Å². The number of halogens is 2. The number of nitrogens with one attached hydrogen (secondary N) is 1. The van der Waals surface area contributed by atoms with Gasteiger partial charge in [0.2, 0.25) is 5.91 Å². The molecule has 0 heterocycles. The second-order valence-corrected chi connectivity index (χ2v) is 5.20. The van der Waals surface area contributed by atoms with E-state index in [1.165, 1.54) is 25.3 Å². The number of anilines is 1. The topological polar surface area (TPSA) is 29.1 Å². The molecule has 0 spiro atoms. The van der Waals surface area contributed by atoms with E-state index < -0.39 is 0 Å². The molecule has 0 aliphatic rings. The molecule has 1 rings (SSSR count). The highest BCUT2D eigenvalue weighted by atomic mass is 79.9. The summed E-state index contributed by atoms with van der Waals surface area (Å²) in [5, 5.41) is 2.77. The van der Waals surface area contributed by atoms with Crippen LogP contribution in [0.25, 0.3) is 0 Å². The van der Waals surface area contributed by atoms with Crippen LogP contribution < -0.4 is 5.32 Å². The molecule has 0 atom stereocenters. The van der Waals surface area contributed by atoms with Crippen molar-refractivity contribution in [2.45, 2.75) is 45.4 Å². The summed E-state index contributed by atoms with van der Waals surface area (Å²) < 4.78 is 13.4. The predicted molar refractivity (Wildman–Crippen MR) is 76.1 cm³/mol. The first-order chi connectivity index (χ1) is 8.63. The average molecular weight is 316 g/mol. The number of amides is 1. The average Bonchev–Trinajstić information content (AvgIpc) is 2.34. The summed E-state index contributed by atoms with van der Waals surface area (Å²) >= 11 is 3.09. The van der Waals surface area contributed by atoms with Gasteiger partial charge in [-0.25, -0.2) is 4.39 Å². The first-order valence-corrected chi connectivity index (χ1v) is 7.17. The molecule has 0 saturated heterocycles. The van der Waals surface area contributed by atoms with Gasteiger partial charge in [-0.2, -0.15) is 0 Å². The Hall–Kier alpha value is -0.900. The van der Waals surface area contributed by atoms with E-state index >= 15 is 0 Å². The second kappa shape index (κ2) is 8.25. The summed E-state index contributed by atoms with van der Waals surface area (Å²) in [7, 11) is 0. The highest BCUT2D eigenvalue weighted by Crippen LogP contribution is 2.20. The Kier molecular flexibility index (Phi) is 6.94. The number of benzene rings is 1. The maximum Gasteiger partial charge on any atom is 0.224 e. The number of hydrogen-bond donors (Lipinski definition) is 1. The molecule has 0 unspecified atom stereocenters. The van der Waals surface area contributed by atoms with Gasteiger partial charge in [0.25, 0.3) is 0 Å². The molecule has 2 nitrogen and oxygen atoms in total. The Labute approximate surface area is 116 Å². The van der Waals surface area contributed by atoms with Crippen molar-refractivity contribution in [3.8, 4) is 0 Å². The van der Waals surface area contributed by atoms with E-state index in [1.54, 1.807) is 12.1 Å². The normalized spacial score (nSPS) is 10.4. The minimum atomic E-state index is -0.326. The van der Waals surface area contributed by atoms with E-state index in [0.717, 1.165) is 12.8 Å².